The number of ether oxygens (including phenoxy) is 1. The highest BCUT2D eigenvalue weighted by molar-refractivity contribution is 6.23. The summed E-state index contributed by atoms with van der Waals surface area (Å²) >= 11 is 6.53. The van der Waals surface area contributed by atoms with Crippen molar-refractivity contribution in [3.05, 3.63) is 64.7 Å². The Kier molecular flexibility index (Phi) is 2.91. The van der Waals surface area contributed by atoms with Gasteiger partial charge in [-0.3, -0.25) is 4.79 Å². The van der Waals surface area contributed by atoms with E-state index in [2.05, 4.69) is 0 Å². The van der Waals surface area contributed by atoms with E-state index in [1.54, 1.807) is 18.2 Å². The fourth-order valence-electron chi connectivity index (χ4n) is 2.27. The van der Waals surface area contributed by atoms with Crippen molar-refractivity contribution in [2.75, 3.05) is 0 Å². The highest BCUT2D eigenvalue weighted by atomic mass is 35.5. The van der Waals surface area contributed by atoms with Gasteiger partial charge < -0.3 is 10.5 Å². The van der Waals surface area contributed by atoms with Gasteiger partial charge in [-0.2, -0.15) is 0 Å². The number of primary amides is 1. The molecule has 2 N–H and O–H groups in total. The van der Waals surface area contributed by atoms with Gasteiger partial charge in [0.1, 0.15) is 12.4 Å². The zero-order valence-corrected chi connectivity index (χ0v) is 10.9. The minimum atomic E-state index is -0.468. The van der Waals surface area contributed by atoms with E-state index in [0.29, 0.717) is 17.9 Å². The van der Waals surface area contributed by atoms with Crippen LogP contribution in [0.5, 0.6) is 5.75 Å². The normalized spacial score (nSPS) is 16.8. The molecule has 0 saturated carbocycles. The molecule has 19 heavy (non-hydrogen) atoms. The fraction of sp³-hybridized carbons (Fsp3) is 0.133. The summed E-state index contributed by atoms with van der Waals surface area (Å²) in [5.74, 6) is 0.227. The van der Waals surface area contributed by atoms with Gasteiger partial charge in [-0.25, -0.2) is 0 Å². The Morgan fingerprint density at radius 3 is 2.79 bits per heavy atom. The Labute approximate surface area is 115 Å². The van der Waals surface area contributed by atoms with Crippen molar-refractivity contribution in [2.24, 2.45) is 5.73 Å². The van der Waals surface area contributed by atoms with Crippen LogP contribution in [0.3, 0.4) is 0 Å². The van der Waals surface area contributed by atoms with E-state index in [1.165, 1.54) is 0 Å². The Balaban J connectivity index is 2.15. The first-order chi connectivity index (χ1) is 9.16. The number of hydrogen-bond acceptors (Lipinski definition) is 2. The third-order valence-corrected chi connectivity index (χ3v) is 3.75. The van der Waals surface area contributed by atoms with Crippen LogP contribution in [0.2, 0.25) is 0 Å². The van der Waals surface area contributed by atoms with E-state index < -0.39 is 5.91 Å². The van der Waals surface area contributed by atoms with E-state index in [9.17, 15) is 4.79 Å². The summed E-state index contributed by atoms with van der Waals surface area (Å²) in [6, 6.07) is 13.0. The summed E-state index contributed by atoms with van der Waals surface area (Å²) < 4.78 is 5.74. The quantitative estimate of drug-likeness (QED) is 0.812. The van der Waals surface area contributed by atoms with E-state index in [1.807, 2.05) is 24.3 Å². The number of nitrogens with two attached hydrogens (primary N) is 1. The average molecular weight is 274 g/mol. The summed E-state index contributed by atoms with van der Waals surface area (Å²) in [6.45, 7) is 0.475. The Morgan fingerprint density at radius 1 is 1.21 bits per heavy atom. The predicted molar refractivity (Wildman–Crippen MR) is 73.4 cm³/mol. The molecule has 3 nitrogen and oxygen atoms in total. The molecular weight excluding hydrogens is 262 g/mol. The van der Waals surface area contributed by atoms with E-state index in [4.69, 9.17) is 22.1 Å². The highest BCUT2D eigenvalue weighted by Gasteiger charge is 2.23. The van der Waals surface area contributed by atoms with Gasteiger partial charge >= 0.3 is 0 Å². The van der Waals surface area contributed by atoms with Gasteiger partial charge in [0.25, 0.3) is 0 Å². The number of rotatable bonds is 1. The van der Waals surface area contributed by atoms with Crippen LogP contribution < -0.4 is 10.5 Å². The van der Waals surface area contributed by atoms with Gasteiger partial charge in [0, 0.05) is 11.1 Å². The summed E-state index contributed by atoms with van der Waals surface area (Å²) in [5, 5.41) is -0.340. The lowest BCUT2D eigenvalue weighted by Crippen LogP contribution is -2.11. The molecule has 2 aromatic carbocycles. The second-order valence-electron chi connectivity index (χ2n) is 4.47. The van der Waals surface area contributed by atoms with Gasteiger partial charge in [0.05, 0.1) is 5.38 Å². The molecule has 96 valence electrons. The van der Waals surface area contributed by atoms with Crippen molar-refractivity contribution in [1.82, 2.24) is 0 Å². The number of carbonyl (C=O) groups excluding carboxylic acids is 1. The Bertz CT molecular complexity index is 654. The first kappa shape index (κ1) is 12.1. The summed E-state index contributed by atoms with van der Waals surface area (Å²) in [4.78, 5) is 11.3. The molecular formula is C15H12ClNO2. The number of hydrogen-bond donors (Lipinski definition) is 1. The van der Waals surface area contributed by atoms with Crippen LogP contribution in [0, 0.1) is 0 Å². The van der Waals surface area contributed by atoms with Crippen LogP contribution in [0.25, 0.3) is 0 Å². The molecule has 1 atom stereocenters. The van der Waals surface area contributed by atoms with Crippen molar-refractivity contribution >= 4 is 17.5 Å². The third-order valence-electron chi connectivity index (χ3n) is 3.28. The first-order valence-corrected chi connectivity index (χ1v) is 6.39. The molecule has 4 heteroatoms. The number of carbonyl (C=O) groups is 1. The molecule has 3 rings (SSSR count). The fourth-order valence-corrected chi connectivity index (χ4v) is 2.65. The molecule has 0 bridgehead atoms. The number of alkyl halides is 1. The van der Waals surface area contributed by atoms with Crippen LogP contribution in [0.1, 0.15) is 32.4 Å². The van der Waals surface area contributed by atoms with Crippen molar-refractivity contribution in [3.63, 3.8) is 0 Å². The Hall–Kier alpha value is -2.00. The summed E-state index contributed by atoms with van der Waals surface area (Å²) in [7, 11) is 0. The molecule has 0 aromatic heterocycles. The van der Waals surface area contributed by atoms with E-state index >= 15 is 0 Å². The monoisotopic (exact) mass is 273 g/mol. The van der Waals surface area contributed by atoms with Crippen LogP contribution in [0.15, 0.2) is 42.5 Å². The maximum atomic E-state index is 11.3. The van der Waals surface area contributed by atoms with Gasteiger partial charge in [-0.05, 0) is 29.3 Å². The van der Waals surface area contributed by atoms with Crippen LogP contribution in [0.4, 0.5) is 0 Å². The molecule has 0 spiro atoms. The molecule has 1 heterocycles. The largest absolute Gasteiger partial charge is 0.489 e. The SMILES string of the molecule is NC(=O)c1ccc2c(c1)C(Cl)c1ccccc1CO2. The molecule has 0 aliphatic carbocycles. The minimum absolute atomic E-state index is 0.340. The summed E-state index contributed by atoms with van der Waals surface area (Å²) in [5.41, 5.74) is 8.58. The molecule has 1 amide bonds. The van der Waals surface area contributed by atoms with Gasteiger partial charge in [-0.15, -0.1) is 11.6 Å². The zero-order valence-electron chi connectivity index (χ0n) is 10.1. The molecule has 0 fully saturated rings. The van der Waals surface area contributed by atoms with Crippen molar-refractivity contribution in [3.8, 4) is 5.75 Å². The first-order valence-electron chi connectivity index (χ1n) is 5.95. The molecule has 1 aliphatic rings. The Morgan fingerprint density at radius 2 is 2.00 bits per heavy atom. The minimum Gasteiger partial charge on any atom is -0.489 e. The third kappa shape index (κ3) is 2.06. The lowest BCUT2D eigenvalue weighted by Gasteiger charge is -2.12. The van der Waals surface area contributed by atoms with Gasteiger partial charge in [0.2, 0.25) is 5.91 Å². The second kappa shape index (κ2) is 4.59. The number of fused-ring (bicyclic) bond motifs is 2. The lowest BCUT2D eigenvalue weighted by molar-refractivity contribution is 0.1000. The molecule has 0 saturated heterocycles. The van der Waals surface area contributed by atoms with E-state index in [0.717, 1.165) is 16.7 Å². The highest BCUT2D eigenvalue weighted by Crippen LogP contribution is 2.40. The van der Waals surface area contributed by atoms with Crippen molar-refractivity contribution < 1.29 is 9.53 Å². The standard InChI is InChI=1S/C15H12ClNO2/c16-14-11-4-2-1-3-10(11)8-19-13-6-5-9(15(17)18)7-12(13)14/h1-7,14H,8H2,(H2,17,18). The van der Waals surface area contributed by atoms with Crippen LogP contribution in [-0.4, -0.2) is 5.91 Å². The average Bonchev–Trinajstić information content (AvgIpc) is 2.57. The number of benzene rings is 2. The smallest absolute Gasteiger partial charge is 0.248 e. The topological polar surface area (TPSA) is 52.3 Å². The van der Waals surface area contributed by atoms with Crippen LogP contribution in [-0.2, 0) is 6.61 Å². The molecule has 1 aliphatic heterocycles. The maximum Gasteiger partial charge on any atom is 0.248 e. The zero-order chi connectivity index (χ0) is 13.4. The van der Waals surface area contributed by atoms with Gasteiger partial charge in [-0.1, -0.05) is 24.3 Å². The van der Waals surface area contributed by atoms with Crippen molar-refractivity contribution in [2.45, 2.75) is 12.0 Å². The molecule has 1 unspecified atom stereocenters. The van der Waals surface area contributed by atoms with Crippen LogP contribution >= 0.6 is 11.6 Å². The lowest BCUT2D eigenvalue weighted by atomic mass is 9.98. The second-order valence-corrected chi connectivity index (χ2v) is 4.90. The molecule has 2 aromatic rings. The maximum absolute atomic E-state index is 11.3. The van der Waals surface area contributed by atoms with Gasteiger partial charge in [0.15, 0.2) is 0 Å². The van der Waals surface area contributed by atoms with E-state index in [-0.39, 0.29) is 5.38 Å². The summed E-state index contributed by atoms with van der Waals surface area (Å²) in [6.07, 6.45) is 0. The number of amides is 1. The number of halogens is 1. The predicted octanol–water partition coefficient (Wildman–Crippen LogP) is 3.01. The van der Waals surface area contributed by atoms with Crippen molar-refractivity contribution in [1.29, 1.82) is 0 Å². The molecule has 0 radical (unpaired) electrons.